The van der Waals surface area contributed by atoms with Gasteiger partial charge in [0.05, 0.1) is 6.54 Å². The van der Waals surface area contributed by atoms with Gasteiger partial charge in [0, 0.05) is 22.6 Å². The van der Waals surface area contributed by atoms with Crippen LogP contribution in [0.1, 0.15) is 6.92 Å². The van der Waals surface area contributed by atoms with E-state index in [4.69, 9.17) is 4.84 Å². The van der Waals surface area contributed by atoms with Crippen molar-refractivity contribution >= 4 is 22.6 Å². The van der Waals surface area contributed by atoms with E-state index in [0.29, 0.717) is 0 Å². The molecule has 0 amide bonds. The van der Waals surface area contributed by atoms with Crippen molar-refractivity contribution in [3.8, 4) is 0 Å². The van der Waals surface area contributed by atoms with E-state index in [2.05, 4.69) is 28.1 Å². The maximum atomic E-state index is 4.88. The standard InChI is InChI=1S/C4H6INO/c1-3-2-6-7-4(3)5/h6H,2H2,1H3. The van der Waals surface area contributed by atoms with E-state index < -0.39 is 0 Å². The number of rotatable bonds is 0. The van der Waals surface area contributed by atoms with Crippen molar-refractivity contribution < 1.29 is 4.84 Å². The lowest BCUT2D eigenvalue weighted by molar-refractivity contribution is 0.164. The zero-order valence-electron chi connectivity index (χ0n) is 3.99. The predicted molar refractivity (Wildman–Crippen MR) is 35.8 cm³/mol. The van der Waals surface area contributed by atoms with E-state index >= 15 is 0 Å². The van der Waals surface area contributed by atoms with Crippen molar-refractivity contribution in [2.75, 3.05) is 6.54 Å². The molecule has 1 rings (SSSR count). The van der Waals surface area contributed by atoms with E-state index in [1.165, 1.54) is 5.57 Å². The Bertz CT molecular complexity index is 98.3. The first-order valence-electron chi connectivity index (χ1n) is 2.05. The Labute approximate surface area is 56.0 Å². The summed E-state index contributed by atoms with van der Waals surface area (Å²) in [5.74, 6) is 0. The zero-order chi connectivity index (χ0) is 5.28. The molecule has 0 aromatic carbocycles. The lowest BCUT2D eigenvalue weighted by Gasteiger charge is -1.88. The second-order valence-electron chi connectivity index (χ2n) is 1.48. The van der Waals surface area contributed by atoms with Gasteiger partial charge in [-0.3, -0.25) is 0 Å². The van der Waals surface area contributed by atoms with Crippen LogP contribution in [0.5, 0.6) is 0 Å². The van der Waals surface area contributed by atoms with Crippen LogP contribution in [-0.2, 0) is 4.84 Å². The lowest BCUT2D eigenvalue weighted by Crippen LogP contribution is -2.04. The molecule has 7 heavy (non-hydrogen) atoms. The Morgan fingerprint density at radius 3 is 2.71 bits per heavy atom. The summed E-state index contributed by atoms with van der Waals surface area (Å²) in [4.78, 5) is 4.88. The third kappa shape index (κ3) is 1.07. The number of hydrogen-bond acceptors (Lipinski definition) is 2. The summed E-state index contributed by atoms with van der Waals surface area (Å²) < 4.78 is 0.984. The molecular weight excluding hydrogens is 205 g/mol. The normalized spacial score (nSPS) is 20.3. The maximum Gasteiger partial charge on any atom is 0.184 e. The Hall–Kier alpha value is 0.230. The van der Waals surface area contributed by atoms with Crippen LogP contribution in [0.4, 0.5) is 0 Å². The molecule has 0 saturated carbocycles. The summed E-state index contributed by atoms with van der Waals surface area (Å²) in [5, 5.41) is 0. The first-order chi connectivity index (χ1) is 3.30. The molecule has 1 aliphatic rings. The van der Waals surface area contributed by atoms with Gasteiger partial charge in [0.25, 0.3) is 0 Å². The van der Waals surface area contributed by atoms with Crippen molar-refractivity contribution in [2.24, 2.45) is 0 Å². The van der Waals surface area contributed by atoms with E-state index in [0.717, 1.165) is 10.3 Å². The van der Waals surface area contributed by atoms with Gasteiger partial charge in [-0.2, -0.15) is 5.48 Å². The highest BCUT2D eigenvalue weighted by molar-refractivity contribution is 14.1. The molecule has 0 aromatic rings. The van der Waals surface area contributed by atoms with Crippen LogP contribution in [0.15, 0.2) is 9.34 Å². The molecule has 1 heterocycles. The van der Waals surface area contributed by atoms with E-state index in [-0.39, 0.29) is 0 Å². The van der Waals surface area contributed by atoms with Crippen LogP contribution in [0.2, 0.25) is 0 Å². The van der Waals surface area contributed by atoms with Crippen molar-refractivity contribution in [3.05, 3.63) is 9.34 Å². The third-order valence-corrected chi connectivity index (χ3v) is 1.98. The molecule has 2 nitrogen and oxygen atoms in total. The minimum atomic E-state index is 0.873. The topological polar surface area (TPSA) is 21.3 Å². The van der Waals surface area contributed by atoms with Gasteiger partial charge in [0.2, 0.25) is 0 Å². The molecule has 0 bridgehead atoms. The second kappa shape index (κ2) is 2.00. The minimum Gasteiger partial charge on any atom is -0.402 e. The molecule has 0 spiro atoms. The summed E-state index contributed by atoms with van der Waals surface area (Å²) in [6.45, 7) is 2.92. The molecule has 0 fully saturated rings. The Morgan fingerprint density at radius 1 is 1.86 bits per heavy atom. The van der Waals surface area contributed by atoms with E-state index in [9.17, 15) is 0 Å². The highest BCUT2D eigenvalue weighted by Gasteiger charge is 2.06. The fraction of sp³-hybridized carbons (Fsp3) is 0.500. The van der Waals surface area contributed by atoms with Gasteiger partial charge in [0.1, 0.15) is 0 Å². The molecule has 0 aliphatic carbocycles. The smallest absolute Gasteiger partial charge is 0.184 e. The van der Waals surface area contributed by atoms with Crippen LogP contribution >= 0.6 is 22.6 Å². The highest BCUT2D eigenvalue weighted by Crippen LogP contribution is 2.16. The van der Waals surface area contributed by atoms with Gasteiger partial charge >= 0.3 is 0 Å². The van der Waals surface area contributed by atoms with Crippen LogP contribution < -0.4 is 5.48 Å². The molecule has 0 aromatic heterocycles. The summed E-state index contributed by atoms with van der Waals surface area (Å²) >= 11 is 2.15. The van der Waals surface area contributed by atoms with Gasteiger partial charge in [-0.1, -0.05) is 0 Å². The number of hydrogen-bond donors (Lipinski definition) is 1. The summed E-state index contributed by atoms with van der Waals surface area (Å²) in [5.41, 5.74) is 4.02. The molecule has 0 unspecified atom stereocenters. The van der Waals surface area contributed by atoms with Crippen molar-refractivity contribution in [1.82, 2.24) is 5.48 Å². The maximum absolute atomic E-state index is 4.88. The van der Waals surface area contributed by atoms with Gasteiger partial charge in [0.15, 0.2) is 3.77 Å². The molecule has 1 N–H and O–H groups in total. The lowest BCUT2D eigenvalue weighted by atomic mass is 10.4. The number of hydroxylamine groups is 1. The van der Waals surface area contributed by atoms with Crippen LogP contribution in [0, 0.1) is 0 Å². The Kier molecular flexibility index (Phi) is 1.53. The first kappa shape index (κ1) is 5.37. The van der Waals surface area contributed by atoms with Crippen LogP contribution in [-0.4, -0.2) is 6.54 Å². The quantitative estimate of drug-likeness (QED) is 0.607. The molecular formula is C4H6INO. The summed E-state index contributed by atoms with van der Waals surface area (Å²) in [7, 11) is 0. The monoisotopic (exact) mass is 211 g/mol. The molecule has 40 valence electrons. The van der Waals surface area contributed by atoms with Gasteiger partial charge in [-0.15, -0.1) is 0 Å². The van der Waals surface area contributed by atoms with Crippen molar-refractivity contribution in [2.45, 2.75) is 6.92 Å². The summed E-state index contributed by atoms with van der Waals surface area (Å²) in [6, 6.07) is 0. The fourth-order valence-corrected chi connectivity index (χ4v) is 0.711. The second-order valence-corrected chi connectivity index (χ2v) is 2.46. The third-order valence-electron chi connectivity index (χ3n) is 0.835. The highest BCUT2D eigenvalue weighted by atomic mass is 127. The van der Waals surface area contributed by atoms with Crippen LogP contribution in [0.25, 0.3) is 0 Å². The summed E-state index contributed by atoms with van der Waals surface area (Å²) in [6.07, 6.45) is 0. The minimum absolute atomic E-state index is 0.873. The first-order valence-corrected chi connectivity index (χ1v) is 3.13. The molecule has 0 saturated heterocycles. The van der Waals surface area contributed by atoms with Gasteiger partial charge < -0.3 is 4.84 Å². The van der Waals surface area contributed by atoms with Crippen molar-refractivity contribution in [3.63, 3.8) is 0 Å². The fourth-order valence-electron chi connectivity index (χ4n) is 0.364. The van der Waals surface area contributed by atoms with E-state index in [1.54, 1.807) is 0 Å². The average Bonchev–Trinajstić information content (AvgIpc) is 1.91. The molecule has 0 atom stereocenters. The molecule has 0 radical (unpaired) electrons. The largest absolute Gasteiger partial charge is 0.402 e. The average molecular weight is 211 g/mol. The van der Waals surface area contributed by atoms with Crippen LogP contribution in [0.3, 0.4) is 0 Å². The van der Waals surface area contributed by atoms with Gasteiger partial charge in [-0.05, 0) is 12.5 Å². The Morgan fingerprint density at radius 2 is 2.57 bits per heavy atom. The molecule has 1 aliphatic heterocycles. The number of nitrogens with one attached hydrogen (secondary N) is 1. The van der Waals surface area contributed by atoms with E-state index in [1.807, 2.05) is 6.92 Å². The number of halogens is 1. The zero-order valence-corrected chi connectivity index (χ0v) is 6.15. The van der Waals surface area contributed by atoms with Gasteiger partial charge in [-0.25, -0.2) is 0 Å². The Balaban J connectivity index is 2.64. The SMILES string of the molecule is CC1=C(I)ONC1. The molecule has 3 heteroatoms. The van der Waals surface area contributed by atoms with Crippen molar-refractivity contribution in [1.29, 1.82) is 0 Å². The predicted octanol–water partition coefficient (Wildman–Crippen LogP) is 1.19.